The maximum absolute atomic E-state index is 13.5. The monoisotopic (exact) mass is 423 g/mol. The molecule has 4 heteroatoms. The molecule has 0 bridgehead atoms. The van der Waals surface area contributed by atoms with Crippen LogP contribution in [-0.4, -0.2) is 24.0 Å². The number of rotatable bonds is 6. The maximum atomic E-state index is 13.5. The Hall–Kier alpha value is -3.66. The molecule has 0 aliphatic carbocycles. The van der Waals surface area contributed by atoms with Gasteiger partial charge in [0.25, 0.3) is 5.91 Å². The molecule has 0 atom stereocenters. The highest BCUT2D eigenvalue weighted by Crippen LogP contribution is 2.30. The quantitative estimate of drug-likeness (QED) is 0.379. The highest BCUT2D eigenvalue weighted by Gasteiger charge is 2.19. The molecule has 0 fully saturated rings. The number of fused-ring (bicyclic) bond motifs is 1. The van der Waals surface area contributed by atoms with E-state index in [0.717, 1.165) is 52.2 Å². The van der Waals surface area contributed by atoms with Crippen molar-refractivity contribution in [3.8, 4) is 11.3 Å². The summed E-state index contributed by atoms with van der Waals surface area (Å²) in [6.07, 6.45) is 0. The third kappa shape index (κ3) is 4.22. The average molecular weight is 424 g/mol. The molecule has 1 N–H and O–H groups in total. The Balaban J connectivity index is 1.73. The summed E-state index contributed by atoms with van der Waals surface area (Å²) in [4.78, 5) is 20.6. The van der Waals surface area contributed by atoms with Gasteiger partial charge in [-0.25, -0.2) is 4.98 Å². The second-order valence-electron chi connectivity index (χ2n) is 8.02. The zero-order chi connectivity index (χ0) is 22.7. The number of hydrogen-bond donors (Lipinski definition) is 1. The molecule has 4 aromatic rings. The van der Waals surface area contributed by atoms with E-state index in [2.05, 4.69) is 67.4 Å². The van der Waals surface area contributed by atoms with E-state index in [4.69, 9.17) is 4.98 Å². The maximum Gasteiger partial charge on any atom is 0.256 e. The molecule has 0 saturated heterocycles. The van der Waals surface area contributed by atoms with E-state index < -0.39 is 0 Å². The topological polar surface area (TPSA) is 45.2 Å². The first kappa shape index (κ1) is 21.6. The lowest BCUT2D eigenvalue weighted by Crippen LogP contribution is -2.21. The van der Waals surface area contributed by atoms with E-state index in [1.54, 1.807) is 0 Å². The first-order valence-corrected chi connectivity index (χ1v) is 11.1. The molecule has 0 aliphatic rings. The summed E-state index contributed by atoms with van der Waals surface area (Å²) in [5, 5.41) is 3.96. The van der Waals surface area contributed by atoms with Crippen molar-refractivity contribution < 1.29 is 4.79 Å². The SMILES string of the molecule is CCN(CC)c1ccc(NC(=O)c2c(C)c(-c3ccc(C)cc3)nc3ccccc23)cc1. The van der Waals surface area contributed by atoms with E-state index >= 15 is 0 Å². The number of pyridine rings is 1. The minimum absolute atomic E-state index is 0.120. The van der Waals surface area contributed by atoms with Crippen molar-refractivity contribution >= 4 is 28.2 Å². The number of nitrogens with one attached hydrogen (secondary N) is 1. The summed E-state index contributed by atoms with van der Waals surface area (Å²) in [7, 11) is 0. The second kappa shape index (κ2) is 9.23. The molecule has 0 spiro atoms. The Morgan fingerprint density at radius 2 is 1.53 bits per heavy atom. The molecule has 32 heavy (non-hydrogen) atoms. The number of nitrogens with zero attached hydrogens (tertiary/aromatic N) is 2. The summed E-state index contributed by atoms with van der Waals surface area (Å²) in [6, 6.07) is 24.1. The van der Waals surface area contributed by atoms with Gasteiger partial charge in [0.1, 0.15) is 0 Å². The van der Waals surface area contributed by atoms with Crippen LogP contribution in [0.3, 0.4) is 0 Å². The molecule has 0 radical (unpaired) electrons. The third-order valence-corrected chi connectivity index (χ3v) is 5.94. The van der Waals surface area contributed by atoms with E-state index in [1.807, 2.05) is 43.3 Å². The fourth-order valence-corrected chi connectivity index (χ4v) is 4.13. The van der Waals surface area contributed by atoms with Gasteiger partial charge in [-0.1, -0.05) is 48.0 Å². The Morgan fingerprint density at radius 3 is 2.19 bits per heavy atom. The largest absolute Gasteiger partial charge is 0.372 e. The van der Waals surface area contributed by atoms with E-state index in [9.17, 15) is 4.79 Å². The van der Waals surface area contributed by atoms with Crippen molar-refractivity contribution in [2.24, 2.45) is 0 Å². The molecule has 0 unspecified atom stereocenters. The van der Waals surface area contributed by atoms with Crippen LogP contribution in [0.15, 0.2) is 72.8 Å². The van der Waals surface area contributed by atoms with Gasteiger partial charge in [0.15, 0.2) is 0 Å². The number of aromatic nitrogens is 1. The van der Waals surface area contributed by atoms with Crippen LogP contribution in [0.25, 0.3) is 22.2 Å². The van der Waals surface area contributed by atoms with Gasteiger partial charge in [-0.2, -0.15) is 0 Å². The fourth-order valence-electron chi connectivity index (χ4n) is 4.13. The minimum atomic E-state index is -0.120. The standard InChI is InChI=1S/C28H29N3O/c1-5-31(6-2)23-17-15-22(16-18-23)29-28(32)26-20(4)27(21-13-11-19(3)12-14-21)30-25-10-8-7-9-24(25)26/h7-18H,5-6H2,1-4H3,(H,29,32). The van der Waals surface area contributed by atoms with Crippen LogP contribution in [0.1, 0.15) is 35.3 Å². The number of amides is 1. The smallest absolute Gasteiger partial charge is 0.256 e. The van der Waals surface area contributed by atoms with Gasteiger partial charge < -0.3 is 10.2 Å². The van der Waals surface area contributed by atoms with Crippen LogP contribution in [0, 0.1) is 13.8 Å². The Bertz CT molecular complexity index is 1240. The minimum Gasteiger partial charge on any atom is -0.372 e. The molecule has 162 valence electrons. The normalized spacial score (nSPS) is 10.9. The summed E-state index contributed by atoms with van der Waals surface area (Å²) in [6.45, 7) is 10.2. The number of para-hydroxylation sites is 1. The van der Waals surface area contributed by atoms with Crippen LogP contribution >= 0.6 is 0 Å². The summed E-state index contributed by atoms with van der Waals surface area (Å²) < 4.78 is 0. The summed E-state index contributed by atoms with van der Waals surface area (Å²) in [5.41, 5.74) is 7.34. The van der Waals surface area contributed by atoms with Gasteiger partial charge >= 0.3 is 0 Å². The molecule has 0 saturated carbocycles. The van der Waals surface area contributed by atoms with E-state index in [0.29, 0.717) is 5.56 Å². The highest BCUT2D eigenvalue weighted by atomic mass is 16.1. The molecule has 4 nitrogen and oxygen atoms in total. The predicted octanol–water partition coefficient (Wildman–Crippen LogP) is 6.62. The van der Waals surface area contributed by atoms with Crippen LogP contribution in [0.5, 0.6) is 0 Å². The lowest BCUT2D eigenvalue weighted by atomic mass is 9.96. The molecule has 3 aromatic carbocycles. The molecule has 1 amide bonds. The highest BCUT2D eigenvalue weighted by molar-refractivity contribution is 6.14. The van der Waals surface area contributed by atoms with Crippen LogP contribution < -0.4 is 10.2 Å². The number of carbonyl (C=O) groups is 1. The Morgan fingerprint density at radius 1 is 0.875 bits per heavy atom. The van der Waals surface area contributed by atoms with Gasteiger partial charge in [-0.05, 0) is 63.6 Å². The fraction of sp³-hybridized carbons (Fsp3) is 0.214. The predicted molar refractivity (Wildman–Crippen MR) is 135 cm³/mol. The Labute approximate surface area is 189 Å². The van der Waals surface area contributed by atoms with Crippen LogP contribution in [-0.2, 0) is 0 Å². The van der Waals surface area contributed by atoms with Gasteiger partial charge in [0, 0.05) is 35.4 Å². The molecule has 4 rings (SSSR count). The van der Waals surface area contributed by atoms with Crippen molar-refractivity contribution in [3.63, 3.8) is 0 Å². The van der Waals surface area contributed by atoms with Crippen LogP contribution in [0.4, 0.5) is 11.4 Å². The number of carbonyl (C=O) groups excluding carboxylic acids is 1. The lowest BCUT2D eigenvalue weighted by molar-refractivity contribution is 0.102. The van der Waals surface area contributed by atoms with Crippen molar-refractivity contribution in [1.29, 1.82) is 0 Å². The van der Waals surface area contributed by atoms with Crippen molar-refractivity contribution in [2.75, 3.05) is 23.3 Å². The molecular weight excluding hydrogens is 394 g/mol. The zero-order valence-electron chi connectivity index (χ0n) is 19.1. The second-order valence-corrected chi connectivity index (χ2v) is 8.02. The Kier molecular flexibility index (Phi) is 6.22. The number of anilines is 2. The van der Waals surface area contributed by atoms with E-state index in [-0.39, 0.29) is 5.91 Å². The van der Waals surface area contributed by atoms with Gasteiger partial charge in [-0.3, -0.25) is 4.79 Å². The van der Waals surface area contributed by atoms with Gasteiger partial charge in [0.2, 0.25) is 0 Å². The average Bonchev–Trinajstić information content (AvgIpc) is 2.81. The number of hydrogen-bond acceptors (Lipinski definition) is 3. The molecule has 1 heterocycles. The first-order valence-electron chi connectivity index (χ1n) is 11.1. The summed E-state index contributed by atoms with van der Waals surface area (Å²) in [5.74, 6) is -0.120. The first-order chi connectivity index (χ1) is 15.5. The van der Waals surface area contributed by atoms with Gasteiger partial charge in [-0.15, -0.1) is 0 Å². The third-order valence-electron chi connectivity index (χ3n) is 5.94. The van der Waals surface area contributed by atoms with Crippen LogP contribution in [0.2, 0.25) is 0 Å². The number of benzene rings is 3. The lowest BCUT2D eigenvalue weighted by Gasteiger charge is -2.21. The van der Waals surface area contributed by atoms with Crippen molar-refractivity contribution in [2.45, 2.75) is 27.7 Å². The summed E-state index contributed by atoms with van der Waals surface area (Å²) >= 11 is 0. The molecule has 0 aliphatic heterocycles. The van der Waals surface area contributed by atoms with Gasteiger partial charge in [0.05, 0.1) is 16.8 Å². The molecule has 1 aromatic heterocycles. The van der Waals surface area contributed by atoms with Crippen molar-refractivity contribution in [3.05, 3.63) is 89.5 Å². The molecular formula is C28H29N3O. The van der Waals surface area contributed by atoms with Crippen molar-refractivity contribution in [1.82, 2.24) is 4.98 Å². The number of aryl methyl sites for hydroxylation is 1. The zero-order valence-corrected chi connectivity index (χ0v) is 19.1. The van der Waals surface area contributed by atoms with E-state index in [1.165, 1.54) is 5.56 Å².